The summed E-state index contributed by atoms with van der Waals surface area (Å²) < 4.78 is 18.2. The highest BCUT2D eigenvalue weighted by Gasteiger charge is 2.36. The van der Waals surface area contributed by atoms with Crippen LogP contribution in [0.1, 0.15) is 42.7 Å². The van der Waals surface area contributed by atoms with E-state index >= 15 is 0 Å². The molecule has 172 valence electrons. The zero-order chi connectivity index (χ0) is 23.7. The molecule has 0 bridgehead atoms. The molecule has 1 atom stereocenters. The Hall–Kier alpha value is -4.15. The Morgan fingerprint density at radius 1 is 1.15 bits per heavy atom. The highest BCUT2D eigenvalue weighted by atomic mass is 16.5. The van der Waals surface area contributed by atoms with E-state index in [0.29, 0.717) is 22.6 Å². The van der Waals surface area contributed by atoms with Crippen molar-refractivity contribution in [2.75, 3.05) is 25.6 Å². The molecule has 0 fully saturated rings. The zero-order valence-electron chi connectivity index (χ0n) is 18.6. The quantitative estimate of drug-likeness (QED) is 0.557. The van der Waals surface area contributed by atoms with Gasteiger partial charge in [-0.2, -0.15) is 4.52 Å². The molecule has 1 aliphatic heterocycles. The Morgan fingerprint density at radius 2 is 1.88 bits per heavy atom. The summed E-state index contributed by atoms with van der Waals surface area (Å²) in [6, 6.07) is 6.48. The van der Waals surface area contributed by atoms with Crippen molar-refractivity contribution in [2.45, 2.75) is 26.8 Å². The number of carbonyl (C=O) groups is 2. The average molecular weight is 453 g/mol. The van der Waals surface area contributed by atoms with Gasteiger partial charge in [-0.3, -0.25) is 9.36 Å². The molecule has 33 heavy (non-hydrogen) atoms. The molecule has 1 aromatic carbocycles. The molecule has 0 spiro atoms. The van der Waals surface area contributed by atoms with Gasteiger partial charge in [0.25, 0.3) is 5.56 Å². The van der Waals surface area contributed by atoms with E-state index in [4.69, 9.17) is 14.2 Å². The van der Waals surface area contributed by atoms with Gasteiger partial charge in [-0.1, -0.05) is 12.1 Å². The van der Waals surface area contributed by atoms with Crippen LogP contribution in [0.2, 0.25) is 0 Å². The molecule has 0 radical (unpaired) electrons. The fourth-order valence-electron chi connectivity index (χ4n) is 3.77. The Bertz CT molecular complexity index is 1340. The van der Waals surface area contributed by atoms with Crippen molar-refractivity contribution in [2.24, 2.45) is 0 Å². The molecule has 1 unspecified atom stereocenters. The van der Waals surface area contributed by atoms with Crippen LogP contribution in [0, 0.1) is 0 Å². The fraction of sp³-hybridized carbons (Fsp3) is 0.318. The summed E-state index contributed by atoms with van der Waals surface area (Å²) in [6.07, 6.45) is 1.16. The van der Waals surface area contributed by atoms with Gasteiger partial charge < -0.3 is 19.5 Å². The number of carbonyl (C=O) groups excluding carboxylic acids is 2. The van der Waals surface area contributed by atoms with Gasteiger partial charge in [-0.05, 0) is 38.5 Å². The van der Waals surface area contributed by atoms with Crippen molar-refractivity contribution >= 4 is 23.7 Å². The second-order valence-corrected chi connectivity index (χ2v) is 7.17. The topological polar surface area (TPSA) is 126 Å². The molecule has 1 aliphatic rings. The van der Waals surface area contributed by atoms with Crippen molar-refractivity contribution in [3.05, 3.63) is 63.2 Å². The minimum absolute atomic E-state index is 0.117. The van der Waals surface area contributed by atoms with Gasteiger partial charge in [-0.15, -0.1) is 5.10 Å². The number of hydrogen-bond donors (Lipinski definition) is 1. The number of nitrogens with zero attached hydrogens (tertiary/aromatic N) is 4. The van der Waals surface area contributed by atoms with Crippen molar-refractivity contribution in [3.8, 4) is 5.75 Å². The number of rotatable bonds is 6. The van der Waals surface area contributed by atoms with Gasteiger partial charge in [0.1, 0.15) is 11.3 Å². The standard InChI is InChI=1S/C22H23N5O6/c1-5-32-19(29)15-11-23-22-26-17(13-8-7-9-14(10-13)31-4)16(20(30)33-6-2)12(3)24-21(26)25-27(22)18(15)28/h7-11,17H,5-6H2,1-4H3,(H,24,25). The SMILES string of the molecule is CCOC(=O)C1=C(C)Nc2nn3c(=O)c(C(=O)OCC)cnc3n2C1c1cccc(OC)c1. The van der Waals surface area contributed by atoms with Gasteiger partial charge in [0.2, 0.25) is 11.7 Å². The summed E-state index contributed by atoms with van der Waals surface area (Å²) in [6.45, 7) is 5.40. The first-order valence-corrected chi connectivity index (χ1v) is 10.4. The minimum atomic E-state index is -0.783. The summed E-state index contributed by atoms with van der Waals surface area (Å²) in [4.78, 5) is 42.4. The number of ether oxygens (including phenoxy) is 3. The normalized spacial score (nSPS) is 15.1. The third kappa shape index (κ3) is 3.71. The van der Waals surface area contributed by atoms with Crippen molar-refractivity contribution in [1.29, 1.82) is 0 Å². The summed E-state index contributed by atoms with van der Waals surface area (Å²) in [7, 11) is 1.55. The van der Waals surface area contributed by atoms with E-state index in [1.165, 1.54) is 0 Å². The van der Waals surface area contributed by atoms with Crippen LogP contribution in [0.5, 0.6) is 5.75 Å². The summed E-state index contributed by atoms with van der Waals surface area (Å²) in [5, 5.41) is 7.38. The first-order chi connectivity index (χ1) is 15.9. The molecule has 11 heteroatoms. The van der Waals surface area contributed by atoms with E-state index in [0.717, 1.165) is 10.7 Å². The second kappa shape index (κ2) is 8.77. The van der Waals surface area contributed by atoms with Crippen LogP contribution in [0.25, 0.3) is 5.78 Å². The number of benzene rings is 1. The number of hydrogen-bond acceptors (Lipinski definition) is 9. The van der Waals surface area contributed by atoms with Crippen LogP contribution < -0.4 is 15.6 Å². The maximum atomic E-state index is 13.0. The average Bonchev–Trinajstić information content (AvgIpc) is 3.17. The Balaban J connectivity index is 1.97. The number of aromatic nitrogens is 4. The molecule has 4 rings (SSSR count). The van der Waals surface area contributed by atoms with Gasteiger partial charge in [0, 0.05) is 5.70 Å². The number of fused-ring (bicyclic) bond motifs is 3. The van der Waals surface area contributed by atoms with Crippen LogP contribution >= 0.6 is 0 Å². The largest absolute Gasteiger partial charge is 0.497 e. The first-order valence-electron chi connectivity index (χ1n) is 10.4. The van der Waals surface area contributed by atoms with E-state index in [2.05, 4.69) is 15.4 Å². The highest BCUT2D eigenvalue weighted by molar-refractivity contribution is 5.93. The van der Waals surface area contributed by atoms with Crippen LogP contribution in [0.3, 0.4) is 0 Å². The lowest BCUT2D eigenvalue weighted by molar-refractivity contribution is -0.139. The van der Waals surface area contributed by atoms with E-state index in [9.17, 15) is 14.4 Å². The van der Waals surface area contributed by atoms with E-state index in [-0.39, 0.29) is 30.5 Å². The predicted octanol–water partition coefficient (Wildman–Crippen LogP) is 1.93. The van der Waals surface area contributed by atoms with Crippen LogP contribution in [-0.2, 0) is 14.3 Å². The Morgan fingerprint density at radius 3 is 2.58 bits per heavy atom. The van der Waals surface area contributed by atoms with Crippen LogP contribution in [-0.4, -0.2) is 51.4 Å². The molecule has 0 amide bonds. The van der Waals surface area contributed by atoms with Gasteiger partial charge in [0.15, 0.2) is 0 Å². The smallest absolute Gasteiger partial charge is 0.345 e. The maximum Gasteiger partial charge on any atom is 0.345 e. The van der Waals surface area contributed by atoms with Crippen LogP contribution in [0.4, 0.5) is 5.95 Å². The monoisotopic (exact) mass is 453 g/mol. The number of nitrogens with one attached hydrogen (secondary N) is 1. The second-order valence-electron chi connectivity index (χ2n) is 7.17. The van der Waals surface area contributed by atoms with Crippen molar-refractivity contribution in [1.82, 2.24) is 19.2 Å². The molecular formula is C22H23N5O6. The zero-order valence-corrected chi connectivity index (χ0v) is 18.6. The number of esters is 2. The van der Waals surface area contributed by atoms with E-state index < -0.39 is 23.5 Å². The molecule has 2 aromatic heterocycles. The first kappa shape index (κ1) is 22.1. The lowest BCUT2D eigenvalue weighted by atomic mass is 9.95. The Kier molecular flexibility index (Phi) is 5.86. The summed E-state index contributed by atoms with van der Waals surface area (Å²) in [5.41, 5.74) is 0.631. The van der Waals surface area contributed by atoms with Gasteiger partial charge in [0.05, 0.1) is 38.1 Å². The van der Waals surface area contributed by atoms with Crippen LogP contribution in [0.15, 0.2) is 46.5 Å². The molecule has 0 aliphatic carbocycles. The van der Waals surface area contributed by atoms with Crippen molar-refractivity contribution < 1.29 is 23.8 Å². The van der Waals surface area contributed by atoms with E-state index in [1.54, 1.807) is 50.6 Å². The van der Waals surface area contributed by atoms with Crippen molar-refractivity contribution in [3.63, 3.8) is 0 Å². The molecule has 11 nitrogen and oxygen atoms in total. The lowest BCUT2D eigenvalue weighted by Gasteiger charge is -2.29. The summed E-state index contributed by atoms with van der Waals surface area (Å²) in [5.74, 6) is -0.295. The fourth-order valence-corrected chi connectivity index (χ4v) is 3.77. The molecule has 3 aromatic rings. The molecule has 3 heterocycles. The number of methoxy groups -OCH3 is 1. The molecule has 1 N–H and O–H groups in total. The minimum Gasteiger partial charge on any atom is -0.497 e. The third-order valence-electron chi connectivity index (χ3n) is 5.19. The highest BCUT2D eigenvalue weighted by Crippen LogP contribution is 2.38. The Labute approximate surface area is 188 Å². The number of anilines is 1. The summed E-state index contributed by atoms with van der Waals surface area (Å²) >= 11 is 0. The molecular weight excluding hydrogens is 430 g/mol. The maximum absolute atomic E-state index is 13.0. The van der Waals surface area contributed by atoms with Gasteiger partial charge >= 0.3 is 11.9 Å². The molecule has 0 saturated heterocycles. The van der Waals surface area contributed by atoms with Gasteiger partial charge in [-0.25, -0.2) is 14.6 Å². The third-order valence-corrected chi connectivity index (χ3v) is 5.19. The van der Waals surface area contributed by atoms with E-state index in [1.807, 2.05) is 6.07 Å². The predicted molar refractivity (Wildman–Crippen MR) is 117 cm³/mol. The molecule has 0 saturated carbocycles. The number of allylic oxidation sites excluding steroid dienone is 1. The lowest BCUT2D eigenvalue weighted by Crippen LogP contribution is -2.29.